The van der Waals surface area contributed by atoms with Crippen LogP contribution >= 0.6 is 0 Å². The van der Waals surface area contributed by atoms with E-state index in [0.29, 0.717) is 29.5 Å². The van der Waals surface area contributed by atoms with Gasteiger partial charge in [0.05, 0.1) is 28.3 Å². The third kappa shape index (κ3) is 4.48. The molecule has 0 aromatic heterocycles. The van der Waals surface area contributed by atoms with Crippen molar-refractivity contribution < 1.29 is 22.7 Å². The van der Waals surface area contributed by atoms with Crippen LogP contribution in [0.5, 0.6) is 11.5 Å². The summed E-state index contributed by atoms with van der Waals surface area (Å²) in [4.78, 5) is 14.2. The minimum absolute atomic E-state index is 0.0602. The van der Waals surface area contributed by atoms with Gasteiger partial charge in [-0.1, -0.05) is 6.92 Å². The normalized spacial score (nSPS) is 15.9. The van der Waals surface area contributed by atoms with Gasteiger partial charge in [-0.15, -0.1) is 0 Å². The van der Waals surface area contributed by atoms with Gasteiger partial charge in [0, 0.05) is 13.1 Å². The van der Waals surface area contributed by atoms with Crippen LogP contribution in [0.25, 0.3) is 0 Å². The highest BCUT2D eigenvalue weighted by atomic mass is 32.2. The van der Waals surface area contributed by atoms with Crippen LogP contribution < -0.4 is 19.1 Å². The molecule has 8 heteroatoms. The largest absolute Gasteiger partial charge is 0.494 e. The van der Waals surface area contributed by atoms with Gasteiger partial charge in [-0.2, -0.15) is 0 Å². The lowest BCUT2D eigenvalue weighted by atomic mass is 9.93. The zero-order valence-corrected chi connectivity index (χ0v) is 17.9. The van der Waals surface area contributed by atoms with Gasteiger partial charge < -0.3 is 14.4 Å². The molecule has 0 spiro atoms. The van der Waals surface area contributed by atoms with Crippen molar-refractivity contribution in [3.05, 3.63) is 42.5 Å². The summed E-state index contributed by atoms with van der Waals surface area (Å²) in [6, 6.07) is 11.1. The molecule has 2 aromatic rings. The first-order valence-electron chi connectivity index (χ1n) is 9.45. The number of amides is 1. The van der Waals surface area contributed by atoms with Crippen molar-refractivity contribution in [1.82, 2.24) is 0 Å². The van der Waals surface area contributed by atoms with Crippen molar-refractivity contribution in [3.8, 4) is 11.5 Å². The van der Waals surface area contributed by atoms with Crippen molar-refractivity contribution >= 4 is 27.3 Å². The molecule has 0 unspecified atom stereocenters. The summed E-state index contributed by atoms with van der Waals surface area (Å²) in [6.07, 6.45) is 0.875. The fraction of sp³-hybridized carbons (Fsp3) is 0.381. The molecule has 0 saturated carbocycles. The van der Waals surface area contributed by atoms with Crippen LogP contribution in [0.1, 0.15) is 27.2 Å². The van der Waals surface area contributed by atoms with Crippen LogP contribution in [0.3, 0.4) is 0 Å². The van der Waals surface area contributed by atoms with E-state index < -0.39 is 15.4 Å². The maximum Gasteiger partial charge on any atom is 0.261 e. The van der Waals surface area contributed by atoms with E-state index >= 15 is 0 Å². The number of carbonyl (C=O) groups excluding carboxylic acids is 1. The lowest BCUT2D eigenvalue weighted by molar-refractivity contribution is -0.127. The molecule has 29 heavy (non-hydrogen) atoms. The van der Waals surface area contributed by atoms with Crippen LogP contribution in [0.2, 0.25) is 0 Å². The Labute approximate surface area is 171 Å². The van der Waals surface area contributed by atoms with E-state index in [1.165, 1.54) is 17.0 Å². The van der Waals surface area contributed by atoms with Gasteiger partial charge in [0.25, 0.3) is 10.0 Å². The number of nitrogens with one attached hydrogen (secondary N) is 1. The molecular formula is C21H26N2O5S. The molecule has 156 valence electrons. The van der Waals surface area contributed by atoms with E-state index in [2.05, 4.69) is 4.72 Å². The van der Waals surface area contributed by atoms with Crippen LogP contribution in [-0.2, 0) is 14.8 Å². The summed E-state index contributed by atoms with van der Waals surface area (Å²) < 4.78 is 39.3. The van der Waals surface area contributed by atoms with Crippen molar-refractivity contribution in [1.29, 1.82) is 0 Å². The van der Waals surface area contributed by atoms with E-state index in [1.54, 1.807) is 37.4 Å². The number of sulfonamides is 1. The van der Waals surface area contributed by atoms with E-state index in [0.717, 1.165) is 6.42 Å². The van der Waals surface area contributed by atoms with Gasteiger partial charge >= 0.3 is 0 Å². The number of benzene rings is 2. The number of fused-ring (bicyclic) bond motifs is 1. The third-order valence-electron chi connectivity index (χ3n) is 4.65. The van der Waals surface area contributed by atoms with Crippen LogP contribution in [0.4, 0.5) is 11.4 Å². The second-order valence-electron chi connectivity index (χ2n) is 7.64. The summed E-state index contributed by atoms with van der Waals surface area (Å²) >= 11 is 0. The second kappa shape index (κ2) is 7.94. The van der Waals surface area contributed by atoms with E-state index in [9.17, 15) is 13.2 Å². The molecule has 0 bridgehead atoms. The minimum atomic E-state index is -3.78. The van der Waals surface area contributed by atoms with Crippen molar-refractivity contribution in [2.24, 2.45) is 5.41 Å². The summed E-state index contributed by atoms with van der Waals surface area (Å²) in [6.45, 7) is 6.41. The first kappa shape index (κ1) is 21.0. The number of anilines is 2. The highest BCUT2D eigenvalue weighted by Crippen LogP contribution is 2.37. The Hall–Kier alpha value is -2.74. The lowest BCUT2D eigenvalue weighted by Crippen LogP contribution is -2.39. The molecular weight excluding hydrogens is 392 g/mol. The lowest BCUT2D eigenvalue weighted by Gasteiger charge is -2.24. The maximum atomic E-state index is 12.7. The Balaban J connectivity index is 1.82. The molecule has 2 aromatic carbocycles. The number of ether oxygens (including phenoxy) is 2. The Morgan fingerprint density at radius 2 is 1.86 bits per heavy atom. The SMILES string of the molecule is CCCOc1ccc(S(=O)(=O)Nc2ccc3c(c2)OCC(C)(C)C(=O)N3C)cc1. The molecule has 1 amide bonds. The highest BCUT2D eigenvalue weighted by Gasteiger charge is 2.36. The van der Waals surface area contributed by atoms with Gasteiger partial charge in [0.1, 0.15) is 18.1 Å². The predicted octanol–water partition coefficient (Wildman–Crippen LogP) is 3.66. The summed E-state index contributed by atoms with van der Waals surface area (Å²) in [5.41, 5.74) is 0.284. The minimum Gasteiger partial charge on any atom is -0.494 e. The van der Waals surface area contributed by atoms with Gasteiger partial charge in [0.2, 0.25) is 5.91 Å². The van der Waals surface area contributed by atoms with Gasteiger partial charge in [-0.25, -0.2) is 8.42 Å². The number of hydrogen-bond donors (Lipinski definition) is 1. The summed E-state index contributed by atoms with van der Waals surface area (Å²) in [5, 5.41) is 0. The van der Waals surface area contributed by atoms with Crippen LogP contribution in [0, 0.1) is 5.41 Å². The zero-order chi connectivity index (χ0) is 21.2. The van der Waals surface area contributed by atoms with Gasteiger partial charge in [-0.05, 0) is 56.7 Å². The fourth-order valence-electron chi connectivity index (χ4n) is 3.00. The molecule has 0 aliphatic carbocycles. The standard InChI is InChI=1S/C21H26N2O5S/c1-5-12-27-16-7-9-17(10-8-16)29(25,26)22-15-6-11-18-19(13-15)28-14-21(2,3)20(24)23(18)4/h6-11,13,22H,5,12,14H2,1-4H3. The Bertz CT molecular complexity index is 1000. The van der Waals surface area contributed by atoms with Crippen molar-refractivity contribution in [3.63, 3.8) is 0 Å². The third-order valence-corrected chi connectivity index (χ3v) is 6.05. The predicted molar refractivity (Wildman–Crippen MR) is 112 cm³/mol. The Kier molecular flexibility index (Phi) is 5.75. The van der Waals surface area contributed by atoms with Crippen LogP contribution in [-0.4, -0.2) is 34.6 Å². The van der Waals surface area contributed by atoms with Crippen molar-refractivity contribution in [2.45, 2.75) is 32.1 Å². The molecule has 0 atom stereocenters. The summed E-state index contributed by atoms with van der Waals surface area (Å²) in [7, 11) is -2.09. The average Bonchev–Trinajstić information content (AvgIpc) is 2.77. The molecule has 1 heterocycles. The summed E-state index contributed by atoms with van der Waals surface area (Å²) in [5.74, 6) is 1.02. The maximum absolute atomic E-state index is 12.7. The van der Waals surface area contributed by atoms with E-state index in [-0.39, 0.29) is 17.4 Å². The quantitative estimate of drug-likeness (QED) is 0.774. The number of carbonyl (C=O) groups is 1. The number of hydrogen-bond acceptors (Lipinski definition) is 5. The van der Waals surface area contributed by atoms with Gasteiger partial charge in [-0.3, -0.25) is 9.52 Å². The highest BCUT2D eigenvalue weighted by molar-refractivity contribution is 7.92. The van der Waals surface area contributed by atoms with E-state index in [4.69, 9.17) is 9.47 Å². The van der Waals surface area contributed by atoms with E-state index in [1.807, 2.05) is 20.8 Å². The second-order valence-corrected chi connectivity index (χ2v) is 9.33. The zero-order valence-electron chi connectivity index (χ0n) is 17.1. The topological polar surface area (TPSA) is 84.9 Å². The fourth-order valence-corrected chi connectivity index (χ4v) is 4.05. The number of nitrogens with zero attached hydrogens (tertiary/aromatic N) is 1. The van der Waals surface area contributed by atoms with Crippen LogP contribution in [0.15, 0.2) is 47.4 Å². The average molecular weight is 419 g/mol. The molecule has 0 radical (unpaired) electrons. The molecule has 0 saturated heterocycles. The van der Waals surface area contributed by atoms with Crippen molar-refractivity contribution in [2.75, 3.05) is 29.9 Å². The molecule has 3 rings (SSSR count). The molecule has 7 nitrogen and oxygen atoms in total. The monoisotopic (exact) mass is 418 g/mol. The molecule has 1 N–H and O–H groups in total. The van der Waals surface area contributed by atoms with Gasteiger partial charge in [0.15, 0.2) is 0 Å². The number of rotatable bonds is 6. The molecule has 0 fully saturated rings. The first-order chi connectivity index (χ1) is 13.6. The first-order valence-corrected chi connectivity index (χ1v) is 10.9. The Morgan fingerprint density at radius 1 is 1.17 bits per heavy atom. The smallest absolute Gasteiger partial charge is 0.261 e. The molecule has 1 aliphatic rings. The Morgan fingerprint density at radius 3 is 2.52 bits per heavy atom. The molecule has 1 aliphatic heterocycles.